The first-order valence-electron chi connectivity index (χ1n) is 4.97. The van der Waals surface area contributed by atoms with Gasteiger partial charge >= 0.3 is 0 Å². The molecule has 0 aliphatic heterocycles. The molecule has 1 aromatic rings. The van der Waals surface area contributed by atoms with Crippen LogP contribution in [-0.4, -0.2) is 0 Å². The van der Waals surface area contributed by atoms with Gasteiger partial charge in [-0.2, -0.15) is 0 Å². The van der Waals surface area contributed by atoms with Crippen LogP contribution < -0.4 is 0 Å². The van der Waals surface area contributed by atoms with Crippen LogP contribution in [0.15, 0.2) is 24.3 Å². The Morgan fingerprint density at radius 2 is 1.77 bits per heavy atom. The van der Waals surface area contributed by atoms with E-state index in [1.807, 2.05) is 12.1 Å². The van der Waals surface area contributed by atoms with Gasteiger partial charge in [0.1, 0.15) is 5.82 Å². The molecular weight excluding hydrogens is 163 g/mol. The van der Waals surface area contributed by atoms with Crippen molar-refractivity contribution < 1.29 is 4.39 Å². The van der Waals surface area contributed by atoms with Gasteiger partial charge in [-0.25, -0.2) is 4.39 Å². The summed E-state index contributed by atoms with van der Waals surface area (Å²) in [6, 6.07) is 7.19. The van der Waals surface area contributed by atoms with Crippen LogP contribution in [0.3, 0.4) is 0 Å². The number of benzene rings is 1. The molecule has 1 fully saturated rings. The Bertz CT molecular complexity index is 298. The monoisotopic (exact) mass is 178 g/mol. The summed E-state index contributed by atoms with van der Waals surface area (Å²) in [7, 11) is 0. The molecule has 0 atom stereocenters. The minimum atomic E-state index is -0.0353. The second kappa shape index (κ2) is 3.13. The third-order valence-corrected chi connectivity index (χ3v) is 3.23. The first-order chi connectivity index (χ1) is 6.22. The van der Waals surface area contributed by atoms with Crippen LogP contribution in [0.1, 0.15) is 38.2 Å². The maximum absolute atomic E-state index is 13.5. The quantitative estimate of drug-likeness (QED) is 0.615. The molecule has 70 valence electrons. The van der Waals surface area contributed by atoms with E-state index in [9.17, 15) is 4.39 Å². The van der Waals surface area contributed by atoms with Gasteiger partial charge in [0, 0.05) is 0 Å². The summed E-state index contributed by atoms with van der Waals surface area (Å²) < 4.78 is 13.5. The van der Waals surface area contributed by atoms with Gasteiger partial charge in [-0.1, -0.05) is 38.0 Å². The average molecular weight is 178 g/mol. The van der Waals surface area contributed by atoms with Crippen LogP contribution in [0.25, 0.3) is 0 Å². The van der Waals surface area contributed by atoms with Crippen molar-refractivity contribution in [2.45, 2.75) is 38.0 Å². The lowest BCUT2D eigenvalue weighted by atomic mass is 9.81. The van der Waals surface area contributed by atoms with Crippen LogP contribution in [-0.2, 0) is 5.41 Å². The van der Waals surface area contributed by atoms with Crippen molar-refractivity contribution in [2.24, 2.45) is 0 Å². The van der Waals surface area contributed by atoms with Crippen molar-refractivity contribution in [1.82, 2.24) is 0 Å². The molecule has 1 saturated carbocycles. The van der Waals surface area contributed by atoms with Crippen LogP contribution in [0.2, 0.25) is 0 Å². The summed E-state index contributed by atoms with van der Waals surface area (Å²) in [6.45, 7) is 2.18. The second-order valence-electron chi connectivity index (χ2n) is 4.25. The van der Waals surface area contributed by atoms with Crippen LogP contribution in [0.5, 0.6) is 0 Å². The van der Waals surface area contributed by atoms with Gasteiger partial charge in [-0.05, 0) is 29.9 Å². The van der Waals surface area contributed by atoms with Gasteiger partial charge in [0.05, 0.1) is 0 Å². The van der Waals surface area contributed by atoms with E-state index in [-0.39, 0.29) is 11.2 Å². The molecule has 0 spiro atoms. The van der Waals surface area contributed by atoms with Gasteiger partial charge in [0.2, 0.25) is 0 Å². The maximum atomic E-state index is 13.5. The smallest absolute Gasteiger partial charge is 0.126 e. The molecule has 0 aromatic heterocycles. The first kappa shape index (κ1) is 8.74. The normalized spacial score (nSPS) is 20.5. The van der Waals surface area contributed by atoms with Crippen molar-refractivity contribution in [3.63, 3.8) is 0 Å². The summed E-state index contributed by atoms with van der Waals surface area (Å²) >= 11 is 0. The van der Waals surface area contributed by atoms with Gasteiger partial charge in [0.15, 0.2) is 0 Å². The Morgan fingerprint density at radius 1 is 1.15 bits per heavy atom. The molecule has 0 radical (unpaired) electrons. The fraction of sp³-hybridized carbons (Fsp3) is 0.500. The number of halogens is 1. The standard InChI is InChI=1S/C12H15F/c1-12(8-4-5-9-12)10-6-2-3-7-11(10)13/h2-3,6-7H,4-5,8-9H2,1H3. The molecule has 1 heteroatoms. The van der Waals surface area contributed by atoms with E-state index in [4.69, 9.17) is 0 Å². The average Bonchev–Trinajstić information content (AvgIpc) is 2.54. The lowest BCUT2D eigenvalue weighted by Crippen LogP contribution is -2.18. The molecule has 0 amide bonds. The van der Waals surface area contributed by atoms with Crippen LogP contribution in [0, 0.1) is 5.82 Å². The zero-order valence-corrected chi connectivity index (χ0v) is 8.02. The zero-order chi connectivity index (χ0) is 9.31. The summed E-state index contributed by atoms with van der Waals surface area (Å²) in [6.07, 6.45) is 4.75. The molecule has 1 aromatic carbocycles. The van der Waals surface area contributed by atoms with Gasteiger partial charge < -0.3 is 0 Å². The van der Waals surface area contributed by atoms with E-state index >= 15 is 0 Å². The highest BCUT2D eigenvalue weighted by Gasteiger charge is 2.32. The Kier molecular flexibility index (Phi) is 2.10. The van der Waals surface area contributed by atoms with Gasteiger partial charge in [0.25, 0.3) is 0 Å². The topological polar surface area (TPSA) is 0 Å². The molecule has 1 aliphatic rings. The van der Waals surface area contributed by atoms with Crippen molar-refractivity contribution in [1.29, 1.82) is 0 Å². The number of hydrogen-bond acceptors (Lipinski definition) is 0. The van der Waals surface area contributed by atoms with Gasteiger partial charge in [-0.15, -0.1) is 0 Å². The molecule has 0 N–H and O–H groups in total. The van der Waals surface area contributed by atoms with Crippen molar-refractivity contribution in [3.8, 4) is 0 Å². The van der Waals surface area contributed by atoms with E-state index in [0.717, 1.165) is 18.4 Å². The molecule has 1 aliphatic carbocycles. The lowest BCUT2D eigenvalue weighted by molar-refractivity contribution is 0.457. The van der Waals surface area contributed by atoms with Crippen LogP contribution in [0.4, 0.5) is 4.39 Å². The van der Waals surface area contributed by atoms with Crippen molar-refractivity contribution >= 4 is 0 Å². The molecule has 0 bridgehead atoms. The summed E-state index contributed by atoms with van der Waals surface area (Å²) in [5.41, 5.74) is 1.01. The number of hydrogen-bond donors (Lipinski definition) is 0. The van der Waals surface area contributed by atoms with Crippen molar-refractivity contribution in [3.05, 3.63) is 35.6 Å². The summed E-state index contributed by atoms with van der Waals surface area (Å²) in [4.78, 5) is 0. The Balaban J connectivity index is 2.39. The number of rotatable bonds is 1. The SMILES string of the molecule is CC1(c2ccccc2F)CCCC1. The zero-order valence-electron chi connectivity index (χ0n) is 8.02. The summed E-state index contributed by atoms with van der Waals surface area (Å²) in [5, 5.41) is 0. The molecule has 0 heterocycles. The van der Waals surface area contributed by atoms with E-state index in [0.29, 0.717) is 0 Å². The maximum Gasteiger partial charge on any atom is 0.126 e. The summed E-state index contributed by atoms with van der Waals surface area (Å²) in [5.74, 6) is -0.0353. The van der Waals surface area contributed by atoms with Gasteiger partial charge in [-0.3, -0.25) is 0 Å². The van der Waals surface area contributed by atoms with Crippen molar-refractivity contribution in [2.75, 3.05) is 0 Å². The lowest BCUT2D eigenvalue weighted by Gasteiger charge is -2.24. The third-order valence-electron chi connectivity index (χ3n) is 3.23. The fourth-order valence-corrected chi connectivity index (χ4v) is 2.38. The van der Waals surface area contributed by atoms with E-state index in [1.54, 1.807) is 12.1 Å². The molecule has 0 saturated heterocycles. The highest BCUT2D eigenvalue weighted by molar-refractivity contribution is 5.27. The highest BCUT2D eigenvalue weighted by Crippen LogP contribution is 2.41. The predicted octanol–water partition coefficient (Wildman–Crippen LogP) is 3.66. The Labute approximate surface area is 78.8 Å². The van der Waals surface area contributed by atoms with Crippen LogP contribution >= 0.6 is 0 Å². The van der Waals surface area contributed by atoms with E-state index < -0.39 is 0 Å². The largest absolute Gasteiger partial charge is 0.207 e. The molecule has 0 unspecified atom stereocenters. The third kappa shape index (κ3) is 1.48. The molecular formula is C12H15F. The molecule has 0 nitrogen and oxygen atoms in total. The second-order valence-corrected chi connectivity index (χ2v) is 4.25. The highest BCUT2D eigenvalue weighted by atomic mass is 19.1. The Morgan fingerprint density at radius 3 is 2.38 bits per heavy atom. The fourth-order valence-electron chi connectivity index (χ4n) is 2.38. The first-order valence-corrected chi connectivity index (χ1v) is 4.97. The van der Waals surface area contributed by atoms with E-state index in [2.05, 4.69) is 6.92 Å². The molecule has 2 rings (SSSR count). The predicted molar refractivity (Wildman–Crippen MR) is 52.2 cm³/mol. The minimum absolute atomic E-state index is 0.0353. The van der Waals surface area contributed by atoms with E-state index in [1.165, 1.54) is 12.8 Å². The Hall–Kier alpha value is -0.850. The molecule has 13 heavy (non-hydrogen) atoms. The minimum Gasteiger partial charge on any atom is -0.207 e.